The van der Waals surface area contributed by atoms with Crippen molar-refractivity contribution in [1.29, 1.82) is 0 Å². The lowest BCUT2D eigenvalue weighted by Gasteiger charge is -2.24. The average Bonchev–Trinajstić information content (AvgIpc) is 2.99. The molecule has 1 heterocycles. The average molecular weight is 332 g/mol. The SMILES string of the molecule is COc1ccc(C(C)(C)C(=O)NCc2cn(CC(=O)O)nn2)cc1. The normalized spacial score (nSPS) is 11.1. The first kappa shape index (κ1) is 17.5. The van der Waals surface area contributed by atoms with Gasteiger partial charge in [0.15, 0.2) is 0 Å². The minimum atomic E-state index is -1.00. The van der Waals surface area contributed by atoms with Gasteiger partial charge in [-0.1, -0.05) is 17.3 Å². The van der Waals surface area contributed by atoms with Crippen LogP contribution in [0.25, 0.3) is 0 Å². The van der Waals surface area contributed by atoms with Crippen molar-refractivity contribution in [3.05, 3.63) is 41.7 Å². The van der Waals surface area contributed by atoms with Gasteiger partial charge in [-0.05, 0) is 31.5 Å². The Morgan fingerprint density at radius 2 is 1.96 bits per heavy atom. The third kappa shape index (κ3) is 4.09. The highest BCUT2D eigenvalue weighted by Gasteiger charge is 2.29. The van der Waals surface area contributed by atoms with Crippen molar-refractivity contribution in [3.8, 4) is 5.75 Å². The summed E-state index contributed by atoms with van der Waals surface area (Å²) in [4.78, 5) is 23.1. The van der Waals surface area contributed by atoms with E-state index < -0.39 is 11.4 Å². The maximum atomic E-state index is 12.5. The van der Waals surface area contributed by atoms with Gasteiger partial charge >= 0.3 is 5.97 Å². The highest BCUT2D eigenvalue weighted by Crippen LogP contribution is 2.25. The molecule has 24 heavy (non-hydrogen) atoms. The number of ether oxygens (including phenoxy) is 1. The number of carboxylic acid groups (broad SMARTS) is 1. The van der Waals surface area contributed by atoms with Crippen LogP contribution in [0, 0.1) is 0 Å². The van der Waals surface area contributed by atoms with E-state index in [4.69, 9.17) is 9.84 Å². The topological polar surface area (TPSA) is 106 Å². The third-order valence-electron chi connectivity index (χ3n) is 3.69. The lowest BCUT2D eigenvalue weighted by atomic mass is 9.83. The lowest BCUT2D eigenvalue weighted by molar-refractivity contribution is -0.138. The van der Waals surface area contributed by atoms with Crippen LogP contribution in [-0.4, -0.2) is 39.1 Å². The Morgan fingerprint density at radius 1 is 1.29 bits per heavy atom. The molecule has 2 aromatic rings. The van der Waals surface area contributed by atoms with Crippen LogP contribution in [-0.2, 0) is 28.1 Å². The molecule has 1 aromatic heterocycles. The maximum absolute atomic E-state index is 12.5. The maximum Gasteiger partial charge on any atom is 0.325 e. The van der Waals surface area contributed by atoms with E-state index in [9.17, 15) is 9.59 Å². The molecule has 0 aliphatic rings. The van der Waals surface area contributed by atoms with Crippen LogP contribution >= 0.6 is 0 Å². The van der Waals surface area contributed by atoms with E-state index in [1.807, 2.05) is 38.1 Å². The number of rotatable bonds is 7. The first-order valence-electron chi connectivity index (χ1n) is 7.36. The van der Waals surface area contributed by atoms with E-state index in [1.165, 1.54) is 10.9 Å². The molecule has 0 aliphatic heterocycles. The zero-order valence-electron chi connectivity index (χ0n) is 13.8. The van der Waals surface area contributed by atoms with Crippen LogP contribution in [0.1, 0.15) is 25.1 Å². The van der Waals surface area contributed by atoms with Crippen molar-refractivity contribution in [1.82, 2.24) is 20.3 Å². The Hall–Kier alpha value is -2.90. The summed E-state index contributed by atoms with van der Waals surface area (Å²) in [7, 11) is 1.59. The standard InChI is InChI=1S/C16H20N4O4/c1-16(2,11-4-6-13(24-3)7-5-11)15(23)17-8-12-9-20(19-18-12)10-14(21)22/h4-7,9H,8,10H2,1-3H3,(H,17,23)(H,21,22). The summed E-state index contributed by atoms with van der Waals surface area (Å²) in [6, 6.07) is 7.31. The summed E-state index contributed by atoms with van der Waals surface area (Å²) in [5.41, 5.74) is 0.619. The molecule has 8 heteroatoms. The number of amides is 1. The molecule has 0 radical (unpaired) electrons. The fraction of sp³-hybridized carbons (Fsp3) is 0.375. The lowest BCUT2D eigenvalue weighted by Crippen LogP contribution is -2.39. The molecular formula is C16H20N4O4. The predicted molar refractivity (Wildman–Crippen MR) is 85.5 cm³/mol. The van der Waals surface area contributed by atoms with Crippen LogP contribution in [0.5, 0.6) is 5.75 Å². The Labute approximate surface area is 139 Å². The predicted octanol–water partition coefficient (Wildman–Crippen LogP) is 0.965. The fourth-order valence-electron chi connectivity index (χ4n) is 2.17. The minimum Gasteiger partial charge on any atom is -0.497 e. The largest absolute Gasteiger partial charge is 0.497 e. The van der Waals surface area contributed by atoms with Gasteiger partial charge in [0.1, 0.15) is 18.0 Å². The summed E-state index contributed by atoms with van der Waals surface area (Å²) >= 11 is 0. The van der Waals surface area contributed by atoms with Crippen LogP contribution in [0.4, 0.5) is 0 Å². The number of methoxy groups -OCH3 is 1. The molecule has 1 amide bonds. The quantitative estimate of drug-likeness (QED) is 0.782. The molecule has 0 bridgehead atoms. The number of carbonyl (C=O) groups excluding carboxylic acids is 1. The van der Waals surface area contributed by atoms with Gasteiger partial charge in [0.25, 0.3) is 0 Å². The second-order valence-corrected chi connectivity index (χ2v) is 5.84. The highest BCUT2D eigenvalue weighted by atomic mass is 16.5. The van der Waals surface area contributed by atoms with E-state index in [-0.39, 0.29) is 19.0 Å². The van der Waals surface area contributed by atoms with Crippen LogP contribution in [0.15, 0.2) is 30.5 Å². The van der Waals surface area contributed by atoms with Gasteiger partial charge in [-0.15, -0.1) is 5.10 Å². The molecule has 0 aliphatic carbocycles. The molecule has 1 aromatic carbocycles. The van der Waals surface area contributed by atoms with E-state index in [0.717, 1.165) is 11.3 Å². The number of aliphatic carboxylic acids is 1. The van der Waals surface area contributed by atoms with Gasteiger partial charge in [-0.3, -0.25) is 9.59 Å². The van der Waals surface area contributed by atoms with Crippen LogP contribution in [0.2, 0.25) is 0 Å². The second kappa shape index (κ2) is 7.12. The smallest absolute Gasteiger partial charge is 0.325 e. The molecule has 0 atom stereocenters. The molecule has 0 unspecified atom stereocenters. The summed E-state index contributed by atoms with van der Waals surface area (Å²) in [6.07, 6.45) is 1.49. The molecule has 2 N–H and O–H groups in total. The molecule has 0 fully saturated rings. The zero-order chi connectivity index (χ0) is 17.7. The molecule has 0 saturated carbocycles. The highest BCUT2D eigenvalue weighted by molar-refractivity contribution is 5.87. The number of carbonyl (C=O) groups is 2. The monoisotopic (exact) mass is 332 g/mol. The van der Waals surface area contributed by atoms with E-state index in [1.54, 1.807) is 7.11 Å². The number of hydrogen-bond acceptors (Lipinski definition) is 5. The van der Waals surface area contributed by atoms with Gasteiger partial charge in [0.2, 0.25) is 5.91 Å². The first-order chi connectivity index (χ1) is 11.3. The summed E-state index contributed by atoms with van der Waals surface area (Å²) in [6.45, 7) is 3.56. The van der Waals surface area contributed by atoms with Crippen molar-refractivity contribution in [2.24, 2.45) is 0 Å². The number of benzene rings is 1. The molecule has 2 rings (SSSR count). The summed E-state index contributed by atoms with van der Waals surface area (Å²) in [5.74, 6) is -0.443. The van der Waals surface area contributed by atoms with E-state index >= 15 is 0 Å². The van der Waals surface area contributed by atoms with E-state index in [0.29, 0.717) is 5.69 Å². The number of nitrogens with one attached hydrogen (secondary N) is 1. The van der Waals surface area contributed by atoms with Gasteiger partial charge in [-0.25, -0.2) is 4.68 Å². The first-order valence-corrected chi connectivity index (χ1v) is 7.36. The van der Waals surface area contributed by atoms with Crippen molar-refractivity contribution < 1.29 is 19.4 Å². The molecule has 0 spiro atoms. The number of hydrogen-bond donors (Lipinski definition) is 2. The number of carboxylic acids is 1. The Morgan fingerprint density at radius 3 is 2.54 bits per heavy atom. The van der Waals surface area contributed by atoms with Crippen molar-refractivity contribution in [3.63, 3.8) is 0 Å². The Kier molecular flexibility index (Phi) is 5.18. The van der Waals surface area contributed by atoms with E-state index in [2.05, 4.69) is 15.6 Å². The third-order valence-corrected chi connectivity index (χ3v) is 3.69. The Balaban J connectivity index is 1.99. The van der Waals surface area contributed by atoms with Crippen molar-refractivity contribution in [2.75, 3.05) is 7.11 Å². The minimum absolute atomic E-state index is 0.166. The summed E-state index contributed by atoms with van der Waals surface area (Å²) < 4.78 is 6.32. The van der Waals surface area contributed by atoms with Crippen molar-refractivity contribution in [2.45, 2.75) is 32.4 Å². The van der Waals surface area contributed by atoms with Gasteiger partial charge in [-0.2, -0.15) is 0 Å². The molecular weight excluding hydrogens is 312 g/mol. The van der Waals surface area contributed by atoms with Crippen LogP contribution in [0.3, 0.4) is 0 Å². The Bertz CT molecular complexity index is 722. The second-order valence-electron chi connectivity index (χ2n) is 5.84. The fourth-order valence-corrected chi connectivity index (χ4v) is 2.17. The zero-order valence-corrected chi connectivity index (χ0v) is 13.8. The number of aromatic nitrogens is 3. The molecule has 0 saturated heterocycles. The van der Waals surface area contributed by atoms with Gasteiger partial charge < -0.3 is 15.2 Å². The van der Waals surface area contributed by atoms with Gasteiger partial charge in [0.05, 0.1) is 25.3 Å². The van der Waals surface area contributed by atoms with Crippen molar-refractivity contribution >= 4 is 11.9 Å². The molecule has 8 nitrogen and oxygen atoms in total. The van der Waals surface area contributed by atoms with Crippen LogP contribution < -0.4 is 10.1 Å². The molecule has 128 valence electrons. The summed E-state index contributed by atoms with van der Waals surface area (Å²) in [5, 5.41) is 19.0. The van der Waals surface area contributed by atoms with Gasteiger partial charge in [0, 0.05) is 0 Å². The number of nitrogens with zero attached hydrogens (tertiary/aromatic N) is 3.